The van der Waals surface area contributed by atoms with E-state index in [1.54, 1.807) is 0 Å². The van der Waals surface area contributed by atoms with Gasteiger partial charge in [0.15, 0.2) is 5.82 Å². The second-order valence-electron chi connectivity index (χ2n) is 9.05. The van der Waals surface area contributed by atoms with Gasteiger partial charge in [-0.3, -0.25) is 9.80 Å². The van der Waals surface area contributed by atoms with Crippen molar-refractivity contribution in [2.45, 2.75) is 71.0 Å². The molecule has 1 aromatic heterocycles. The minimum Gasteiger partial charge on any atom is -0.298 e. The molecule has 0 unspecified atom stereocenters. The van der Waals surface area contributed by atoms with E-state index in [1.807, 2.05) is 4.68 Å². The summed E-state index contributed by atoms with van der Waals surface area (Å²) in [4.78, 5) is 5.36. The Morgan fingerprint density at radius 3 is 2.38 bits per heavy atom. The van der Waals surface area contributed by atoms with E-state index in [0.717, 1.165) is 37.9 Å². The molecule has 6 nitrogen and oxygen atoms in total. The van der Waals surface area contributed by atoms with Crippen LogP contribution in [0.1, 0.15) is 63.4 Å². The van der Waals surface area contributed by atoms with E-state index in [1.165, 1.54) is 50.8 Å². The lowest BCUT2D eigenvalue weighted by Crippen LogP contribution is -2.52. The van der Waals surface area contributed by atoms with Crippen LogP contribution in [0.3, 0.4) is 0 Å². The zero-order chi connectivity index (χ0) is 20.1. The van der Waals surface area contributed by atoms with Crippen molar-refractivity contribution >= 4 is 0 Å². The molecule has 1 aliphatic heterocycles. The number of hydrogen-bond acceptors (Lipinski definition) is 5. The zero-order valence-corrected chi connectivity index (χ0v) is 18.1. The van der Waals surface area contributed by atoms with Crippen LogP contribution in [-0.2, 0) is 13.0 Å². The van der Waals surface area contributed by atoms with Crippen LogP contribution in [0.4, 0.5) is 0 Å². The molecule has 1 aliphatic carbocycles. The van der Waals surface area contributed by atoms with Crippen molar-refractivity contribution in [3.63, 3.8) is 0 Å². The fourth-order valence-corrected chi connectivity index (χ4v) is 5.17. The maximum atomic E-state index is 4.48. The van der Waals surface area contributed by atoms with Crippen LogP contribution < -0.4 is 0 Å². The van der Waals surface area contributed by atoms with Crippen LogP contribution in [-0.4, -0.2) is 62.2 Å². The Hall–Kier alpha value is -1.79. The molecule has 0 radical (unpaired) electrons. The average Bonchev–Trinajstić information content (AvgIpc) is 3.22. The summed E-state index contributed by atoms with van der Waals surface area (Å²) in [6.45, 7) is 10.0. The molecule has 29 heavy (non-hydrogen) atoms. The van der Waals surface area contributed by atoms with E-state index in [0.29, 0.717) is 5.92 Å². The van der Waals surface area contributed by atoms with E-state index >= 15 is 0 Å². The first-order valence-electron chi connectivity index (χ1n) is 11.5. The minimum absolute atomic E-state index is 0.286. The van der Waals surface area contributed by atoms with Crippen LogP contribution in [0.25, 0.3) is 0 Å². The highest BCUT2D eigenvalue weighted by molar-refractivity contribution is 5.14. The van der Waals surface area contributed by atoms with Gasteiger partial charge in [-0.2, -0.15) is 0 Å². The predicted molar refractivity (Wildman–Crippen MR) is 116 cm³/mol. The molecule has 158 valence electrons. The summed E-state index contributed by atoms with van der Waals surface area (Å²) in [5, 5.41) is 12.9. The van der Waals surface area contributed by atoms with Gasteiger partial charge < -0.3 is 0 Å². The fraction of sp³-hybridized carbons (Fsp3) is 0.696. The SMILES string of the molecule is CC(C)[C@@H](c1nnnn1CCc1ccccc1)N1CCN(C2CCCCC2)CC1. The smallest absolute Gasteiger partial charge is 0.168 e. The lowest BCUT2D eigenvalue weighted by molar-refractivity contribution is 0.0393. The summed E-state index contributed by atoms with van der Waals surface area (Å²) in [5.74, 6) is 1.51. The van der Waals surface area contributed by atoms with Crippen molar-refractivity contribution in [1.82, 2.24) is 30.0 Å². The average molecular weight is 397 g/mol. The van der Waals surface area contributed by atoms with Gasteiger partial charge >= 0.3 is 0 Å². The molecule has 1 saturated heterocycles. The number of rotatable bonds is 7. The summed E-state index contributed by atoms with van der Waals surface area (Å²) in [5.41, 5.74) is 1.33. The van der Waals surface area contributed by atoms with E-state index in [2.05, 4.69) is 69.5 Å². The zero-order valence-electron chi connectivity index (χ0n) is 18.1. The van der Waals surface area contributed by atoms with Crippen molar-refractivity contribution in [3.8, 4) is 0 Å². The maximum absolute atomic E-state index is 4.48. The summed E-state index contributed by atoms with van der Waals surface area (Å²) in [6.07, 6.45) is 8.00. The summed E-state index contributed by atoms with van der Waals surface area (Å²) < 4.78 is 2.03. The third-order valence-corrected chi connectivity index (χ3v) is 6.74. The highest BCUT2D eigenvalue weighted by atomic mass is 15.6. The quantitative estimate of drug-likeness (QED) is 0.716. The van der Waals surface area contributed by atoms with Gasteiger partial charge in [0.25, 0.3) is 0 Å². The van der Waals surface area contributed by atoms with E-state index in [-0.39, 0.29) is 6.04 Å². The van der Waals surface area contributed by atoms with Crippen LogP contribution >= 0.6 is 0 Å². The summed E-state index contributed by atoms with van der Waals surface area (Å²) in [6, 6.07) is 11.7. The third-order valence-electron chi connectivity index (χ3n) is 6.74. The molecule has 1 aromatic carbocycles. The van der Waals surface area contributed by atoms with Gasteiger partial charge in [0.05, 0.1) is 6.04 Å². The molecular weight excluding hydrogens is 360 g/mol. The van der Waals surface area contributed by atoms with E-state index in [9.17, 15) is 0 Å². The molecule has 0 amide bonds. The molecule has 2 fully saturated rings. The van der Waals surface area contributed by atoms with Crippen molar-refractivity contribution < 1.29 is 0 Å². The largest absolute Gasteiger partial charge is 0.298 e. The maximum Gasteiger partial charge on any atom is 0.168 e. The van der Waals surface area contributed by atoms with Gasteiger partial charge in [0.1, 0.15) is 0 Å². The standard InChI is InChI=1S/C23H36N6/c1-19(2)22(28-17-15-27(16-18-28)21-11-7-4-8-12-21)23-24-25-26-29(23)14-13-20-9-5-3-6-10-20/h3,5-6,9-10,19,21-22H,4,7-8,11-18H2,1-2H3/t22-/m0/s1. The van der Waals surface area contributed by atoms with Gasteiger partial charge in [0, 0.05) is 38.8 Å². The normalized spacial score (nSPS) is 20.9. The second-order valence-corrected chi connectivity index (χ2v) is 9.05. The van der Waals surface area contributed by atoms with Crippen molar-refractivity contribution in [3.05, 3.63) is 41.7 Å². The minimum atomic E-state index is 0.286. The Kier molecular flexibility index (Phi) is 6.93. The third kappa shape index (κ3) is 5.04. The number of aromatic nitrogens is 4. The first-order chi connectivity index (χ1) is 14.2. The van der Waals surface area contributed by atoms with E-state index in [4.69, 9.17) is 0 Å². The Morgan fingerprint density at radius 2 is 1.69 bits per heavy atom. The van der Waals surface area contributed by atoms with Crippen molar-refractivity contribution in [1.29, 1.82) is 0 Å². The van der Waals surface area contributed by atoms with Gasteiger partial charge in [-0.05, 0) is 41.2 Å². The number of benzene rings is 1. The fourth-order valence-electron chi connectivity index (χ4n) is 5.17. The molecular formula is C23H36N6. The van der Waals surface area contributed by atoms with Crippen molar-refractivity contribution in [2.75, 3.05) is 26.2 Å². The van der Waals surface area contributed by atoms with Crippen LogP contribution in [0.15, 0.2) is 30.3 Å². The second kappa shape index (κ2) is 9.81. The Morgan fingerprint density at radius 1 is 0.966 bits per heavy atom. The van der Waals surface area contributed by atoms with Crippen LogP contribution in [0.5, 0.6) is 0 Å². The molecule has 1 saturated carbocycles. The van der Waals surface area contributed by atoms with Gasteiger partial charge in [0.2, 0.25) is 0 Å². The molecule has 2 aromatic rings. The molecule has 2 aliphatic rings. The Labute approximate surface area is 175 Å². The molecule has 0 N–H and O–H groups in total. The molecule has 0 spiro atoms. The molecule has 6 heteroatoms. The van der Waals surface area contributed by atoms with Crippen molar-refractivity contribution in [2.24, 2.45) is 5.92 Å². The van der Waals surface area contributed by atoms with Crippen LogP contribution in [0.2, 0.25) is 0 Å². The lowest BCUT2D eigenvalue weighted by atomic mass is 9.93. The van der Waals surface area contributed by atoms with E-state index < -0.39 is 0 Å². The van der Waals surface area contributed by atoms with Gasteiger partial charge in [-0.1, -0.05) is 63.4 Å². The number of nitrogens with zero attached hydrogens (tertiary/aromatic N) is 6. The Bertz CT molecular complexity index is 729. The number of piperazine rings is 1. The summed E-state index contributed by atoms with van der Waals surface area (Å²) in [7, 11) is 0. The highest BCUT2D eigenvalue weighted by Crippen LogP contribution is 2.30. The van der Waals surface area contributed by atoms with Crippen LogP contribution in [0, 0.1) is 5.92 Å². The first-order valence-corrected chi connectivity index (χ1v) is 11.5. The van der Waals surface area contributed by atoms with Gasteiger partial charge in [-0.25, -0.2) is 4.68 Å². The Balaban J connectivity index is 1.40. The number of tetrazole rings is 1. The highest BCUT2D eigenvalue weighted by Gasteiger charge is 2.33. The number of aryl methyl sites for hydroxylation is 2. The lowest BCUT2D eigenvalue weighted by Gasteiger charge is -2.43. The monoisotopic (exact) mass is 396 g/mol. The van der Waals surface area contributed by atoms with Gasteiger partial charge in [-0.15, -0.1) is 5.10 Å². The topological polar surface area (TPSA) is 50.1 Å². The molecule has 4 rings (SSSR count). The molecule has 2 heterocycles. The summed E-state index contributed by atoms with van der Waals surface area (Å²) >= 11 is 0. The predicted octanol–water partition coefficient (Wildman–Crippen LogP) is 3.56. The molecule has 0 bridgehead atoms. The first kappa shape index (κ1) is 20.5. The molecule has 1 atom stereocenters. The number of hydrogen-bond donors (Lipinski definition) is 0.